The second kappa shape index (κ2) is 7.08. The number of rotatable bonds is 2. The highest BCUT2D eigenvalue weighted by Gasteiger charge is 2.67. The molecule has 1 aromatic carbocycles. The Bertz CT molecular complexity index is 1080. The topological polar surface area (TPSA) is 12.5 Å². The highest BCUT2D eigenvalue weighted by atomic mass is 16.5. The maximum absolute atomic E-state index is 7.51. The van der Waals surface area contributed by atoms with E-state index in [-0.39, 0.29) is 11.2 Å². The standard InChI is InChI=1S/C31H43N2O/c1-29-15-13-25-19-24-9-10-26(33(2,3)4)20-30(24)16-17-31(25,34-30)27(29)11-12-28(29)32-18-14-22-7-5-6-8-23(22)21-32/h5-8,13,19,26-28H,9-12,14-18,20-21H2,1-4H3/q+1/t26-,27-,28+,29+,30-,31-/m1/s1. The Morgan fingerprint density at radius 2 is 1.82 bits per heavy atom. The summed E-state index contributed by atoms with van der Waals surface area (Å²) < 4.78 is 8.57. The molecule has 0 unspecified atom stereocenters. The van der Waals surface area contributed by atoms with Crippen LogP contribution in [0.25, 0.3) is 0 Å². The van der Waals surface area contributed by atoms with Crippen molar-refractivity contribution >= 4 is 0 Å². The fourth-order valence-corrected chi connectivity index (χ4v) is 9.40. The van der Waals surface area contributed by atoms with Crippen LogP contribution in [0.4, 0.5) is 0 Å². The zero-order valence-electron chi connectivity index (χ0n) is 21.8. The molecular formula is C31H43N2O+. The summed E-state index contributed by atoms with van der Waals surface area (Å²) in [5, 5.41) is 0. The molecule has 0 aromatic heterocycles. The largest absolute Gasteiger partial charge is 0.359 e. The molecule has 3 heterocycles. The Labute approximate surface area is 206 Å². The molecule has 182 valence electrons. The third kappa shape index (κ3) is 2.87. The maximum Gasteiger partial charge on any atom is 0.0975 e. The fourth-order valence-electron chi connectivity index (χ4n) is 9.40. The molecule has 7 rings (SSSR count). The average Bonchev–Trinajstić information content (AvgIpc) is 3.33. The molecule has 0 N–H and O–H groups in total. The molecule has 3 heteroatoms. The number of quaternary nitrogens is 1. The summed E-state index contributed by atoms with van der Waals surface area (Å²) in [4.78, 5) is 2.85. The first-order chi connectivity index (χ1) is 16.2. The zero-order chi connectivity index (χ0) is 23.3. The minimum atomic E-state index is -0.0221. The van der Waals surface area contributed by atoms with Crippen LogP contribution in [0.5, 0.6) is 0 Å². The quantitative estimate of drug-likeness (QED) is 0.530. The molecule has 2 spiro atoms. The summed E-state index contributed by atoms with van der Waals surface area (Å²) >= 11 is 0. The predicted octanol–water partition coefficient (Wildman–Crippen LogP) is 5.65. The van der Waals surface area contributed by atoms with E-state index in [1.807, 2.05) is 0 Å². The Hall–Kier alpha value is -1.42. The van der Waals surface area contributed by atoms with Gasteiger partial charge in [-0.25, -0.2) is 0 Å². The molecule has 3 aliphatic heterocycles. The number of fused-ring (bicyclic) bond motifs is 2. The lowest BCUT2D eigenvalue weighted by Crippen LogP contribution is -2.58. The van der Waals surface area contributed by atoms with Crippen molar-refractivity contribution in [2.24, 2.45) is 11.3 Å². The summed E-state index contributed by atoms with van der Waals surface area (Å²) in [5.41, 5.74) is 6.63. The number of ether oxygens (including phenoxy) is 1. The van der Waals surface area contributed by atoms with E-state index in [9.17, 15) is 0 Å². The normalized spacial score (nSPS) is 43.4. The van der Waals surface area contributed by atoms with Crippen molar-refractivity contribution < 1.29 is 9.22 Å². The van der Waals surface area contributed by atoms with E-state index in [1.165, 1.54) is 64.3 Å². The van der Waals surface area contributed by atoms with Gasteiger partial charge in [0.2, 0.25) is 0 Å². The van der Waals surface area contributed by atoms with Gasteiger partial charge in [-0.3, -0.25) is 4.90 Å². The summed E-state index contributed by atoms with van der Waals surface area (Å²) in [6.45, 7) is 4.97. The molecule has 6 aliphatic rings. The number of allylic oxidation sites excluding steroid dienone is 1. The zero-order valence-corrected chi connectivity index (χ0v) is 21.8. The van der Waals surface area contributed by atoms with Crippen molar-refractivity contribution in [2.75, 3.05) is 27.7 Å². The minimum Gasteiger partial charge on any atom is -0.359 e. The van der Waals surface area contributed by atoms with E-state index in [4.69, 9.17) is 4.74 Å². The molecular weight excluding hydrogens is 416 g/mol. The molecule has 0 amide bonds. The Morgan fingerprint density at radius 3 is 2.65 bits per heavy atom. The SMILES string of the molecule is C[C@]12CC=C3C=C4CC[C@@H]([N+](C)(C)C)C[C@]45CC[C@]3(O5)[C@@H]1CC[C@@H]2N1CCc2ccccc2C1. The van der Waals surface area contributed by atoms with Gasteiger partial charge in [0.25, 0.3) is 0 Å². The van der Waals surface area contributed by atoms with Crippen molar-refractivity contribution in [1.29, 1.82) is 0 Å². The molecule has 3 aliphatic carbocycles. The summed E-state index contributed by atoms with van der Waals surface area (Å²) in [5.74, 6) is 0.656. The highest BCUT2D eigenvalue weighted by molar-refractivity contribution is 5.47. The summed E-state index contributed by atoms with van der Waals surface area (Å²) in [6.07, 6.45) is 16.6. The maximum atomic E-state index is 7.51. The van der Waals surface area contributed by atoms with Gasteiger partial charge in [-0.2, -0.15) is 0 Å². The molecule has 1 saturated heterocycles. The number of nitrogens with zero attached hydrogens (tertiary/aromatic N) is 2. The van der Waals surface area contributed by atoms with Crippen molar-refractivity contribution in [1.82, 2.24) is 4.90 Å². The smallest absolute Gasteiger partial charge is 0.0975 e. The molecule has 2 saturated carbocycles. The van der Waals surface area contributed by atoms with Crippen molar-refractivity contribution in [3.05, 3.63) is 58.7 Å². The van der Waals surface area contributed by atoms with Crippen LogP contribution in [0.2, 0.25) is 0 Å². The van der Waals surface area contributed by atoms with Gasteiger partial charge in [0, 0.05) is 32.0 Å². The van der Waals surface area contributed by atoms with Crippen molar-refractivity contribution in [3.63, 3.8) is 0 Å². The molecule has 3 nitrogen and oxygen atoms in total. The third-order valence-corrected chi connectivity index (χ3v) is 11.3. The number of hydrogen-bond donors (Lipinski definition) is 0. The van der Waals surface area contributed by atoms with Crippen molar-refractivity contribution in [3.8, 4) is 0 Å². The highest BCUT2D eigenvalue weighted by Crippen LogP contribution is 2.67. The fraction of sp³-hybridized carbons (Fsp3) is 0.677. The average molecular weight is 460 g/mol. The monoisotopic (exact) mass is 459 g/mol. The second-order valence-electron chi connectivity index (χ2n) is 13.7. The van der Waals surface area contributed by atoms with E-state index in [1.54, 1.807) is 22.3 Å². The molecule has 6 atom stereocenters. The van der Waals surface area contributed by atoms with Gasteiger partial charge in [0.05, 0.1) is 38.4 Å². The van der Waals surface area contributed by atoms with Crippen LogP contribution in [0.1, 0.15) is 69.4 Å². The van der Waals surface area contributed by atoms with Crippen LogP contribution < -0.4 is 0 Å². The Morgan fingerprint density at radius 1 is 1.00 bits per heavy atom. The number of hydrogen-bond acceptors (Lipinski definition) is 2. The molecule has 2 bridgehead atoms. The Balaban J connectivity index is 1.21. The first kappa shape index (κ1) is 21.8. The third-order valence-electron chi connectivity index (χ3n) is 11.3. The lowest BCUT2D eigenvalue weighted by atomic mass is 9.59. The van der Waals surface area contributed by atoms with E-state index in [0.29, 0.717) is 23.4 Å². The Kier molecular flexibility index (Phi) is 4.55. The van der Waals surface area contributed by atoms with Gasteiger partial charge in [-0.1, -0.05) is 43.3 Å². The van der Waals surface area contributed by atoms with Gasteiger partial charge >= 0.3 is 0 Å². The van der Waals surface area contributed by atoms with Crippen LogP contribution in [0.15, 0.2) is 47.6 Å². The molecule has 3 fully saturated rings. The lowest BCUT2D eigenvalue weighted by Gasteiger charge is -2.56. The summed E-state index contributed by atoms with van der Waals surface area (Å²) in [7, 11) is 7.14. The van der Waals surface area contributed by atoms with Gasteiger partial charge in [-0.05, 0) is 78.6 Å². The van der Waals surface area contributed by atoms with Gasteiger partial charge < -0.3 is 9.22 Å². The van der Waals surface area contributed by atoms with Crippen LogP contribution in [0.3, 0.4) is 0 Å². The first-order valence-electron chi connectivity index (χ1n) is 14.0. The van der Waals surface area contributed by atoms with Gasteiger partial charge in [-0.15, -0.1) is 0 Å². The molecule has 1 aromatic rings. The number of benzene rings is 1. The predicted molar refractivity (Wildman–Crippen MR) is 137 cm³/mol. The molecule has 0 radical (unpaired) electrons. The first-order valence-corrected chi connectivity index (χ1v) is 14.0. The van der Waals surface area contributed by atoms with Crippen LogP contribution >= 0.6 is 0 Å². The lowest BCUT2D eigenvalue weighted by molar-refractivity contribution is -0.898. The van der Waals surface area contributed by atoms with Gasteiger partial charge in [0.1, 0.15) is 0 Å². The van der Waals surface area contributed by atoms with E-state index >= 15 is 0 Å². The van der Waals surface area contributed by atoms with Crippen LogP contribution in [-0.4, -0.2) is 60.4 Å². The van der Waals surface area contributed by atoms with Crippen LogP contribution in [0, 0.1) is 11.3 Å². The van der Waals surface area contributed by atoms with Gasteiger partial charge in [0.15, 0.2) is 0 Å². The van der Waals surface area contributed by atoms with E-state index in [0.717, 1.165) is 11.0 Å². The molecule has 34 heavy (non-hydrogen) atoms. The van der Waals surface area contributed by atoms with E-state index < -0.39 is 0 Å². The van der Waals surface area contributed by atoms with Crippen LogP contribution in [-0.2, 0) is 17.7 Å². The van der Waals surface area contributed by atoms with E-state index in [2.05, 4.69) is 69.4 Å². The second-order valence-corrected chi connectivity index (χ2v) is 13.7. The minimum absolute atomic E-state index is 0.0200. The van der Waals surface area contributed by atoms with Crippen molar-refractivity contribution in [2.45, 2.75) is 94.5 Å². The summed E-state index contributed by atoms with van der Waals surface area (Å²) in [6, 6.07) is 10.5.